The van der Waals surface area contributed by atoms with Crippen molar-refractivity contribution >= 4 is 12.6 Å². The van der Waals surface area contributed by atoms with Crippen LogP contribution in [0.4, 0.5) is 0 Å². The van der Waals surface area contributed by atoms with Gasteiger partial charge in [0.1, 0.15) is 0 Å². The summed E-state index contributed by atoms with van der Waals surface area (Å²) in [5, 5.41) is 9.10. The third-order valence-electron chi connectivity index (χ3n) is 4.08. The molecule has 0 aliphatic carbocycles. The number of hydrogen-bond donors (Lipinski definition) is 0. The van der Waals surface area contributed by atoms with Gasteiger partial charge in [-0.25, -0.2) is 0 Å². The van der Waals surface area contributed by atoms with Gasteiger partial charge in [-0.3, -0.25) is 0 Å². The highest BCUT2D eigenvalue weighted by Crippen LogP contribution is 2.36. The Balaban J connectivity index is 2.37. The first-order valence-corrected chi connectivity index (χ1v) is 6.68. The van der Waals surface area contributed by atoms with E-state index in [9.17, 15) is 0 Å². The molecule has 0 spiro atoms. The molecule has 0 unspecified atom stereocenters. The lowest BCUT2D eigenvalue weighted by Crippen LogP contribution is -2.41. The molecule has 1 fully saturated rings. The first kappa shape index (κ1) is 14.1. The average Bonchev–Trinajstić information content (AvgIpc) is 2.58. The van der Waals surface area contributed by atoms with E-state index in [2.05, 4.69) is 19.1 Å². The van der Waals surface area contributed by atoms with Gasteiger partial charge in [0.2, 0.25) is 0 Å². The van der Waals surface area contributed by atoms with Crippen LogP contribution in [0.15, 0.2) is 18.2 Å². The van der Waals surface area contributed by atoms with Crippen LogP contribution in [-0.2, 0) is 15.7 Å². The molecule has 3 nitrogen and oxygen atoms in total. The summed E-state index contributed by atoms with van der Waals surface area (Å²) in [5.41, 5.74) is 2.00. The molecule has 1 heterocycles. The zero-order valence-electron chi connectivity index (χ0n) is 12.3. The van der Waals surface area contributed by atoms with Gasteiger partial charge >= 0.3 is 7.12 Å². The van der Waals surface area contributed by atoms with Crippen LogP contribution in [0.1, 0.15) is 45.7 Å². The molecule has 1 aromatic carbocycles. The Labute approximate surface area is 115 Å². The minimum atomic E-state index is -0.399. The van der Waals surface area contributed by atoms with E-state index in [-0.39, 0.29) is 11.2 Å². The number of nitrogens with zero attached hydrogens (tertiary/aromatic N) is 1. The Kier molecular flexibility index (Phi) is 3.46. The van der Waals surface area contributed by atoms with Gasteiger partial charge in [0.25, 0.3) is 0 Å². The second-order valence-corrected chi connectivity index (χ2v) is 6.02. The molecule has 0 amide bonds. The fourth-order valence-corrected chi connectivity index (χ4v) is 2.10. The fraction of sp³-hybridized carbons (Fsp3) is 0.533. The number of benzene rings is 1. The number of rotatable bonds is 2. The molecule has 4 heteroatoms. The quantitative estimate of drug-likeness (QED) is 0.764. The second kappa shape index (κ2) is 4.66. The highest BCUT2D eigenvalue weighted by Gasteiger charge is 2.51. The average molecular weight is 257 g/mol. The summed E-state index contributed by atoms with van der Waals surface area (Å²) in [4.78, 5) is 0. The number of hydrogen-bond acceptors (Lipinski definition) is 3. The molecule has 0 aromatic heterocycles. The summed E-state index contributed by atoms with van der Waals surface area (Å²) in [6.07, 6.45) is 0.891. The largest absolute Gasteiger partial charge is 0.494 e. The first-order chi connectivity index (χ1) is 8.79. The van der Waals surface area contributed by atoms with Crippen molar-refractivity contribution in [1.29, 1.82) is 5.26 Å². The van der Waals surface area contributed by atoms with Crippen LogP contribution in [0.2, 0.25) is 0 Å². The van der Waals surface area contributed by atoms with Crippen molar-refractivity contribution in [3.63, 3.8) is 0 Å². The maximum Gasteiger partial charge on any atom is 0.494 e. The molecule has 0 atom stereocenters. The van der Waals surface area contributed by atoms with Gasteiger partial charge in [-0.2, -0.15) is 5.26 Å². The van der Waals surface area contributed by atoms with E-state index in [0.29, 0.717) is 5.56 Å². The smallest absolute Gasteiger partial charge is 0.399 e. The second-order valence-electron chi connectivity index (χ2n) is 6.02. The van der Waals surface area contributed by atoms with Gasteiger partial charge in [-0.05, 0) is 57.3 Å². The fourth-order valence-electron chi connectivity index (χ4n) is 2.10. The predicted molar refractivity (Wildman–Crippen MR) is 76.3 cm³/mol. The van der Waals surface area contributed by atoms with Crippen LogP contribution >= 0.6 is 0 Å². The molecule has 0 radical (unpaired) electrons. The van der Waals surface area contributed by atoms with Crippen molar-refractivity contribution in [2.75, 3.05) is 0 Å². The summed E-state index contributed by atoms with van der Waals surface area (Å²) in [6.45, 7) is 10.2. The topological polar surface area (TPSA) is 42.2 Å². The minimum Gasteiger partial charge on any atom is -0.399 e. The lowest BCUT2D eigenvalue weighted by atomic mass is 9.77. The maximum atomic E-state index is 9.10. The molecule has 19 heavy (non-hydrogen) atoms. The summed E-state index contributed by atoms with van der Waals surface area (Å²) in [6, 6.07) is 8.01. The Bertz CT molecular complexity index is 515. The summed E-state index contributed by atoms with van der Waals surface area (Å²) < 4.78 is 12.0. The van der Waals surface area contributed by atoms with E-state index in [4.69, 9.17) is 14.6 Å². The van der Waals surface area contributed by atoms with E-state index in [1.54, 1.807) is 0 Å². The van der Waals surface area contributed by atoms with Crippen molar-refractivity contribution in [2.45, 2.75) is 52.2 Å². The molecule has 1 aromatic rings. The predicted octanol–water partition coefficient (Wildman–Crippen LogP) is 2.42. The SMILES string of the molecule is CCc1cc(C#N)cc(B2OC(C)(C)C(C)(C)O2)c1. The summed E-state index contributed by atoms with van der Waals surface area (Å²) in [5.74, 6) is 0. The van der Waals surface area contributed by atoms with Crippen molar-refractivity contribution < 1.29 is 9.31 Å². The Morgan fingerprint density at radius 3 is 2.16 bits per heavy atom. The molecule has 2 rings (SSSR count). The monoisotopic (exact) mass is 257 g/mol. The van der Waals surface area contributed by atoms with E-state index in [1.165, 1.54) is 0 Å². The molecule has 100 valence electrons. The van der Waals surface area contributed by atoms with Crippen LogP contribution in [-0.4, -0.2) is 18.3 Å². The Hall–Kier alpha value is -1.31. The van der Waals surface area contributed by atoms with E-state index in [1.807, 2.05) is 39.8 Å². The highest BCUT2D eigenvalue weighted by molar-refractivity contribution is 6.62. The zero-order chi connectivity index (χ0) is 14.3. The minimum absolute atomic E-state index is 0.354. The maximum absolute atomic E-state index is 9.10. The Morgan fingerprint density at radius 1 is 1.11 bits per heavy atom. The van der Waals surface area contributed by atoms with Crippen molar-refractivity contribution in [3.05, 3.63) is 29.3 Å². The van der Waals surface area contributed by atoms with Crippen LogP contribution in [0.25, 0.3) is 0 Å². The third-order valence-corrected chi connectivity index (χ3v) is 4.08. The summed E-state index contributed by atoms with van der Waals surface area (Å²) in [7, 11) is -0.399. The van der Waals surface area contributed by atoms with Gasteiger partial charge in [0.05, 0.1) is 22.8 Å². The van der Waals surface area contributed by atoms with Crippen LogP contribution in [0, 0.1) is 11.3 Å². The third kappa shape index (κ3) is 2.54. The normalized spacial score (nSPS) is 20.3. The molecular formula is C15H20BNO2. The van der Waals surface area contributed by atoms with Crippen LogP contribution in [0.5, 0.6) is 0 Å². The van der Waals surface area contributed by atoms with E-state index < -0.39 is 7.12 Å². The zero-order valence-corrected chi connectivity index (χ0v) is 12.3. The van der Waals surface area contributed by atoms with Gasteiger partial charge in [0.15, 0.2) is 0 Å². The standard InChI is InChI=1S/C15H20BNO2/c1-6-11-7-12(10-17)9-13(8-11)16-18-14(2,3)15(4,5)19-16/h7-9H,6H2,1-5H3. The lowest BCUT2D eigenvalue weighted by molar-refractivity contribution is 0.00578. The molecule has 1 aliphatic heterocycles. The highest BCUT2D eigenvalue weighted by atomic mass is 16.7. The van der Waals surface area contributed by atoms with E-state index in [0.717, 1.165) is 17.4 Å². The summed E-state index contributed by atoms with van der Waals surface area (Å²) >= 11 is 0. The molecular weight excluding hydrogens is 237 g/mol. The molecule has 0 saturated carbocycles. The van der Waals surface area contributed by atoms with Crippen molar-refractivity contribution in [1.82, 2.24) is 0 Å². The van der Waals surface area contributed by atoms with Gasteiger partial charge < -0.3 is 9.31 Å². The molecule has 0 N–H and O–H groups in total. The van der Waals surface area contributed by atoms with Crippen molar-refractivity contribution in [3.8, 4) is 6.07 Å². The first-order valence-electron chi connectivity index (χ1n) is 6.68. The van der Waals surface area contributed by atoms with Gasteiger partial charge in [-0.1, -0.05) is 13.0 Å². The van der Waals surface area contributed by atoms with Crippen LogP contribution < -0.4 is 5.46 Å². The Morgan fingerprint density at radius 2 is 1.68 bits per heavy atom. The number of aryl methyl sites for hydroxylation is 1. The van der Waals surface area contributed by atoms with E-state index >= 15 is 0 Å². The molecule has 0 bridgehead atoms. The van der Waals surface area contributed by atoms with Crippen LogP contribution in [0.3, 0.4) is 0 Å². The molecule has 1 saturated heterocycles. The van der Waals surface area contributed by atoms with Gasteiger partial charge in [-0.15, -0.1) is 0 Å². The van der Waals surface area contributed by atoms with Crippen molar-refractivity contribution in [2.24, 2.45) is 0 Å². The number of nitriles is 1. The molecule has 1 aliphatic rings. The lowest BCUT2D eigenvalue weighted by Gasteiger charge is -2.32. The van der Waals surface area contributed by atoms with Gasteiger partial charge in [0, 0.05) is 0 Å².